The summed E-state index contributed by atoms with van der Waals surface area (Å²) in [4.78, 5) is 41.3. The van der Waals surface area contributed by atoms with E-state index in [2.05, 4.69) is 43.2 Å². The van der Waals surface area contributed by atoms with Gasteiger partial charge in [0.2, 0.25) is 6.79 Å². The molecule has 2 amide bonds. The molecule has 0 aliphatic rings. The Morgan fingerprint density at radius 2 is 1.29 bits per heavy atom. The molecular weight excluding hydrogens is 810 g/mol. The van der Waals surface area contributed by atoms with Gasteiger partial charge in [-0.05, 0) is 84.3 Å². The van der Waals surface area contributed by atoms with Crippen LogP contribution in [-0.2, 0) is 47.5 Å². The van der Waals surface area contributed by atoms with Gasteiger partial charge in [0.1, 0.15) is 0 Å². The third-order valence-corrected chi connectivity index (χ3v) is 10.5. The van der Waals surface area contributed by atoms with E-state index in [4.69, 9.17) is 27.8 Å². The number of carbonyl (C=O) groups excluding carboxylic acids is 3. The Hall–Kier alpha value is -6.14. The molecule has 2 N–H and O–H groups in total. The number of nitrogens with one attached hydrogen (secondary N) is 2. The number of phosphoric ester groups is 1. The normalized spacial score (nSPS) is 11.2. The smallest absolute Gasteiger partial charge is 0.493 e. The number of hydrogen-bond donors (Lipinski definition) is 2. The van der Waals surface area contributed by atoms with Crippen molar-refractivity contribution in [2.24, 2.45) is 11.8 Å². The quantitative estimate of drug-likeness (QED) is 0.0389. The number of hydrogen-bond acceptors (Lipinski definition) is 11. The van der Waals surface area contributed by atoms with E-state index in [1.54, 1.807) is 0 Å². The molecular formula is C48H56N3O10P. The first-order valence-electron chi connectivity index (χ1n) is 20.5. The van der Waals surface area contributed by atoms with Crippen molar-refractivity contribution >= 4 is 42.9 Å². The first-order chi connectivity index (χ1) is 29.8. The highest BCUT2D eigenvalue weighted by atomic mass is 31.2. The summed E-state index contributed by atoms with van der Waals surface area (Å²) in [5.74, 6) is -0.559. The third-order valence-electron chi connectivity index (χ3n) is 9.23. The van der Waals surface area contributed by atoms with Crippen LogP contribution in [0.5, 0.6) is 11.5 Å². The molecule has 0 aliphatic carbocycles. The van der Waals surface area contributed by atoms with Crippen LogP contribution >= 0.6 is 7.82 Å². The summed E-state index contributed by atoms with van der Waals surface area (Å²) in [5.41, 5.74) is 5.62. The van der Waals surface area contributed by atoms with Gasteiger partial charge in [-0.25, -0.2) is 14.2 Å². The van der Waals surface area contributed by atoms with Crippen molar-refractivity contribution in [3.63, 3.8) is 0 Å². The summed E-state index contributed by atoms with van der Waals surface area (Å²) in [6, 6.07) is 35.4. The molecule has 13 nitrogen and oxygen atoms in total. The SMILES string of the molecule is COc1cc(C(=O)OCOC(=O)CCc2ccc(N(CC(C)C)CC(C)C)c(NC(=O)Nc3ccc(C)cc3)c2)ccc1OP(=O)(OCc1ccccc1)OCc1ccccc1. The lowest BCUT2D eigenvalue weighted by Crippen LogP contribution is -2.32. The van der Waals surface area contributed by atoms with E-state index >= 15 is 0 Å². The lowest BCUT2D eigenvalue weighted by molar-refractivity contribution is -0.152. The van der Waals surface area contributed by atoms with Crippen LogP contribution < -0.4 is 24.8 Å². The average Bonchev–Trinajstić information content (AvgIpc) is 3.25. The number of anilines is 3. The van der Waals surface area contributed by atoms with Gasteiger partial charge >= 0.3 is 25.8 Å². The second kappa shape index (κ2) is 23.2. The van der Waals surface area contributed by atoms with Crippen LogP contribution in [0.25, 0.3) is 0 Å². The summed E-state index contributed by atoms with van der Waals surface area (Å²) in [6.07, 6.45) is 0.300. The van der Waals surface area contributed by atoms with Crippen LogP contribution in [0.3, 0.4) is 0 Å². The van der Waals surface area contributed by atoms with E-state index < -0.39 is 26.6 Å². The number of amides is 2. The molecule has 0 atom stereocenters. The van der Waals surface area contributed by atoms with E-state index in [-0.39, 0.29) is 42.7 Å². The van der Waals surface area contributed by atoms with Crippen molar-refractivity contribution in [1.29, 1.82) is 0 Å². The Morgan fingerprint density at radius 1 is 0.677 bits per heavy atom. The zero-order valence-electron chi connectivity index (χ0n) is 36.1. The number of ether oxygens (including phenoxy) is 3. The number of carbonyl (C=O) groups is 3. The summed E-state index contributed by atoms with van der Waals surface area (Å²) >= 11 is 0. The van der Waals surface area contributed by atoms with Crippen molar-refractivity contribution in [3.05, 3.63) is 149 Å². The molecule has 0 heterocycles. The van der Waals surface area contributed by atoms with Crippen molar-refractivity contribution in [2.75, 3.05) is 42.5 Å². The topological polar surface area (TPSA) is 151 Å². The Morgan fingerprint density at radius 3 is 1.87 bits per heavy atom. The van der Waals surface area contributed by atoms with Gasteiger partial charge in [-0.3, -0.25) is 13.8 Å². The summed E-state index contributed by atoms with van der Waals surface area (Å²) in [5, 5.41) is 5.93. The van der Waals surface area contributed by atoms with Crippen LogP contribution in [0, 0.1) is 18.8 Å². The molecule has 0 aromatic heterocycles. The van der Waals surface area contributed by atoms with Crippen LogP contribution in [0.4, 0.5) is 21.9 Å². The Labute approximate surface area is 364 Å². The van der Waals surface area contributed by atoms with Gasteiger partial charge < -0.3 is 34.3 Å². The van der Waals surface area contributed by atoms with Crippen molar-refractivity contribution < 1.29 is 46.7 Å². The maximum Gasteiger partial charge on any atom is 0.530 e. The number of methoxy groups -OCH3 is 1. The molecule has 0 saturated heterocycles. The maximum atomic E-state index is 13.9. The number of phosphoric acid groups is 1. The van der Waals surface area contributed by atoms with Gasteiger partial charge in [-0.1, -0.05) is 112 Å². The second-order valence-corrected chi connectivity index (χ2v) is 17.1. The zero-order chi connectivity index (χ0) is 44.5. The van der Waals surface area contributed by atoms with E-state index in [9.17, 15) is 18.9 Å². The highest BCUT2D eigenvalue weighted by Gasteiger charge is 2.31. The standard InChI is InChI=1S/C48H56N3O10P/c1-34(2)29-51(30-35(3)4)43-24-19-37(27-42(43)50-48(54)49-41-22-17-36(5)18-23-41)20-26-46(52)57-33-58-47(53)40-21-25-44(45(28-40)56-6)61-62(55,59-31-38-13-9-7-10-14-38)60-32-39-15-11-8-12-16-39/h7-19,21-25,27-28,34-35H,20,26,29-33H2,1-6H3,(H2,49,50,54). The molecule has 328 valence electrons. The van der Waals surface area contributed by atoms with E-state index in [0.29, 0.717) is 29.6 Å². The summed E-state index contributed by atoms with van der Waals surface area (Å²) in [6.45, 7) is 11.4. The van der Waals surface area contributed by atoms with Gasteiger partial charge in [0.05, 0.1) is 37.3 Å². The van der Waals surface area contributed by atoms with Crippen molar-refractivity contribution in [2.45, 2.75) is 60.7 Å². The Bertz CT molecular complexity index is 2210. The summed E-state index contributed by atoms with van der Waals surface area (Å²) < 4.78 is 47.1. The van der Waals surface area contributed by atoms with Gasteiger partial charge in [0, 0.05) is 25.2 Å². The number of rotatable bonds is 22. The molecule has 14 heteroatoms. The number of urea groups is 1. The second-order valence-electron chi connectivity index (χ2n) is 15.5. The fourth-order valence-electron chi connectivity index (χ4n) is 6.28. The van der Waals surface area contributed by atoms with Crippen LogP contribution in [0.2, 0.25) is 0 Å². The Balaban J connectivity index is 1.18. The molecule has 5 aromatic carbocycles. The minimum atomic E-state index is -4.23. The highest BCUT2D eigenvalue weighted by molar-refractivity contribution is 7.48. The van der Waals surface area contributed by atoms with E-state index in [1.165, 1.54) is 25.3 Å². The van der Waals surface area contributed by atoms with Crippen LogP contribution in [0.15, 0.2) is 121 Å². The molecule has 0 bridgehead atoms. The lowest BCUT2D eigenvalue weighted by atomic mass is 10.1. The van der Waals surface area contributed by atoms with Crippen molar-refractivity contribution in [1.82, 2.24) is 0 Å². The number of aryl methyl sites for hydroxylation is 2. The van der Waals surface area contributed by atoms with Gasteiger partial charge in [-0.2, -0.15) is 0 Å². The van der Waals surface area contributed by atoms with Gasteiger partial charge in [-0.15, -0.1) is 0 Å². The molecule has 0 saturated carbocycles. The molecule has 62 heavy (non-hydrogen) atoms. The Kier molecular flexibility index (Phi) is 17.5. The molecule has 0 fully saturated rings. The average molecular weight is 866 g/mol. The van der Waals surface area contributed by atoms with Crippen molar-refractivity contribution in [3.8, 4) is 11.5 Å². The van der Waals surface area contributed by atoms with Gasteiger partial charge in [0.25, 0.3) is 0 Å². The molecule has 0 spiro atoms. The predicted octanol–water partition coefficient (Wildman–Crippen LogP) is 11.0. The minimum absolute atomic E-state index is 0.00535. The number of benzene rings is 5. The van der Waals surface area contributed by atoms with Crippen LogP contribution in [0.1, 0.15) is 66.7 Å². The molecule has 5 aromatic rings. The summed E-state index contributed by atoms with van der Waals surface area (Å²) in [7, 11) is -2.87. The zero-order valence-corrected chi connectivity index (χ0v) is 37.0. The molecule has 0 unspecified atom stereocenters. The monoisotopic (exact) mass is 865 g/mol. The number of esters is 2. The fourth-order valence-corrected chi connectivity index (χ4v) is 7.46. The third kappa shape index (κ3) is 15.1. The highest BCUT2D eigenvalue weighted by Crippen LogP contribution is 2.53. The largest absolute Gasteiger partial charge is 0.530 e. The fraction of sp³-hybridized carbons (Fsp3) is 0.312. The van der Waals surface area contributed by atoms with Gasteiger partial charge in [0.15, 0.2) is 11.5 Å². The minimum Gasteiger partial charge on any atom is -0.493 e. The molecule has 0 aliphatic heterocycles. The maximum absolute atomic E-state index is 13.9. The first-order valence-corrected chi connectivity index (χ1v) is 21.9. The van der Waals surface area contributed by atoms with E-state index in [1.807, 2.05) is 110 Å². The lowest BCUT2D eigenvalue weighted by Gasteiger charge is -2.30. The first kappa shape index (κ1) is 46.9. The number of nitrogens with zero attached hydrogens (tertiary/aromatic N) is 1. The molecule has 5 rings (SSSR count). The van der Waals surface area contributed by atoms with E-state index in [0.717, 1.165) is 41.0 Å². The molecule has 0 radical (unpaired) electrons. The predicted molar refractivity (Wildman–Crippen MR) is 241 cm³/mol. The van der Waals surface area contributed by atoms with Crippen LogP contribution in [-0.4, -0.2) is 45.0 Å².